The number of rotatable bonds is 1. The summed E-state index contributed by atoms with van der Waals surface area (Å²) in [4.78, 5) is 2.38. The lowest BCUT2D eigenvalue weighted by Crippen LogP contribution is -2.22. The Kier molecular flexibility index (Phi) is 2.21. The molecular weight excluding hydrogens is 196 g/mol. The molecule has 0 fully saturated rings. The van der Waals surface area contributed by atoms with Gasteiger partial charge in [0.2, 0.25) is 0 Å². The van der Waals surface area contributed by atoms with Crippen molar-refractivity contribution in [3.63, 3.8) is 0 Å². The van der Waals surface area contributed by atoms with Crippen molar-refractivity contribution in [2.75, 3.05) is 16.9 Å². The van der Waals surface area contributed by atoms with Crippen LogP contribution in [0.25, 0.3) is 0 Å². The Morgan fingerprint density at radius 1 is 1.25 bits per heavy atom. The monoisotopic (exact) mass is 212 g/mol. The smallest absolute Gasteiger partial charge is 0.0923 e. The molecule has 1 aromatic carbocycles. The zero-order valence-corrected chi connectivity index (χ0v) is 9.53. The number of allylic oxidation sites excluding steroid dienone is 4. The van der Waals surface area contributed by atoms with Crippen LogP contribution in [0.3, 0.4) is 0 Å². The van der Waals surface area contributed by atoms with E-state index in [1.165, 1.54) is 22.6 Å². The second kappa shape index (κ2) is 3.71. The van der Waals surface area contributed by atoms with Crippen LogP contribution in [0.2, 0.25) is 0 Å². The summed E-state index contributed by atoms with van der Waals surface area (Å²) in [7, 11) is 0. The standard InChI is InChI=1S/C14H16N2/c1-11-5-4-6-12(9-11)16-10-15-13-7-2-3-8-14(13)16/h2-3,5,7-9,15H,4,6,10H2,1H3. The Morgan fingerprint density at radius 2 is 2.12 bits per heavy atom. The first-order chi connectivity index (χ1) is 7.84. The molecule has 1 heterocycles. The van der Waals surface area contributed by atoms with E-state index >= 15 is 0 Å². The van der Waals surface area contributed by atoms with Crippen molar-refractivity contribution in [3.8, 4) is 0 Å². The van der Waals surface area contributed by atoms with Crippen molar-refractivity contribution in [3.05, 3.63) is 47.7 Å². The minimum absolute atomic E-state index is 0.901. The molecule has 0 bridgehead atoms. The molecule has 0 amide bonds. The van der Waals surface area contributed by atoms with Crippen LogP contribution in [0.5, 0.6) is 0 Å². The molecule has 0 saturated heterocycles. The summed E-state index contributed by atoms with van der Waals surface area (Å²) in [5.74, 6) is 0. The van der Waals surface area contributed by atoms with E-state index in [0.29, 0.717) is 0 Å². The molecular formula is C14H16N2. The summed E-state index contributed by atoms with van der Waals surface area (Å²) in [5, 5.41) is 3.43. The number of para-hydroxylation sites is 2. The molecule has 1 aliphatic heterocycles. The van der Waals surface area contributed by atoms with Gasteiger partial charge in [0.25, 0.3) is 0 Å². The Labute approximate surface area is 96.3 Å². The minimum Gasteiger partial charge on any atom is -0.366 e. The summed E-state index contributed by atoms with van der Waals surface area (Å²) < 4.78 is 0. The quantitative estimate of drug-likeness (QED) is 0.766. The van der Waals surface area contributed by atoms with Gasteiger partial charge >= 0.3 is 0 Å². The fourth-order valence-electron chi connectivity index (χ4n) is 2.42. The fraction of sp³-hybridized carbons (Fsp3) is 0.286. The average molecular weight is 212 g/mol. The van der Waals surface area contributed by atoms with Crippen LogP contribution in [0.1, 0.15) is 19.8 Å². The van der Waals surface area contributed by atoms with E-state index in [0.717, 1.165) is 19.5 Å². The van der Waals surface area contributed by atoms with E-state index in [1.807, 2.05) is 0 Å². The second-order valence-corrected chi connectivity index (χ2v) is 4.40. The van der Waals surface area contributed by atoms with Crippen molar-refractivity contribution in [1.29, 1.82) is 0 Å². The van der Waals surface area contributed by atoms with Gasteiger partial charge in [0.1, 0.15) is 0 Å². The average Bonchev–Trinajstić information content (AvgIpc) is 2.72. The van der Waals surface area contributed by atoms with Crippen LogP contribution in [-0.4, -0.2) is 6.67 Å². The van der Waals surface area contributed by atoms with E-state index in [4.69, 9.17) is 0 Å². The number of hydrogen-bond acceptors (Lipinski definition) is 2. The first-order valence-corrected chi connectivity index (χ1v) is 5.82. The van der Waals surface area contributed by atoms with Crippen LogP contribution in [0, 0.1) is 0 Å². The van der Waals surface area contributed by atoms with Crippen LogP contribution < -0.4 is 10.2 Å². The summed E-state index contributed by atoms with van der Waals surface area (Å²) in [5.41, 5.74) is 5.36. The molecule has 2 aliphatic rings. The maximum absolute atomic E-state index is 3.43. The molecule has 2 heteroatoms. The van der Waals surface area contributed by atoms with Gasteiger partial charge in [0.15, 0.2) is 0 Å². The third-order valence-electron chi connectivity index (χ3n) is 3.23. The molecule has 0 saturated carbocycles. The molecule has 0 aromatic heterocycles. The molecule has 1 aliphatic carbocycles. The normalized spacial score (nSPS) is 18.7. The number of hydrogen-bond donors (Lipinski definition) is 1. The zero-order valence-electron chi connectivity index (χ0n) is 9.53. The van der Waals surface area contributed by atoms with Gasteiger partial charge in [0.05, 0.1) is 18.0 Å². The number of anilines is 2. The highest BCUT2D eigenvalue weighted by molar-refractivity contribution is 5.77. The zero-order chi connectivity index (χ0) is 11.0. The van der Waals surface area contributed by atoms with Crippen LogP contribution in [0.4, 0.5) is 11.4 Å². The van der Waals surface area contributed by atoms with Gasteiger partial charge in [0, 0.05) is 5.70 Å². The molecule has 0 spiro atoms. The van der Waals surface area contributed by atoms with Gasteiger partial charge in [-0.15, -0.1) is 0 Å². The van der Waals surface area contributed by atoms with Crippen molar-refractivity contribution < 1.29 is 0 Å². The van der Waals surface area contributed by atoms with E-state index in [9.17, 15) is 0 Å². The minimum atomic E-state index is 0.901. The highest BCUT2D eigenvalue weighted by Gasteiger charge is 2.21. The largest absolute Gasteiger partial charge is 0.366 e. The summed E-state index contributed by atoms with van der Waals surface area (Å²) in [6.07, 6.45) is 6.91. The van der Waals surface area contributed by atoms with Crippen molar-refractivity contribution >= 4 is 11.4 Å². The predicted octanol–water partition coefficient (Wildman–Crippen LogP) is 3.50. The first-order valence-electron chi connectivity index (χ1n) is 5.82. The molecule has 82 valence electrons. The summed E-state index contributed by atoms with van der Waals surface area (Å²) in [6, 6.07) is 8.51. The van der Waals surface area contributed by atoms with Crippen LogP contribution >= 0.6 is 0 Å². The van der Waals surface area contributed by atoms with E-state index in [1.54, 1.807) is 0 Å². The SMILES string of the molecule is CC1=CCCC(N2CNc3ccccc32)=C1. The molecule has 16 heavy (non-hydrogen) atoms. The van der Waals surface area contributed by atoms with Gasteiger partial charge < -0.3 is 10.2 Å². The van der Waals surface area contributed by atoms with Crippen LogP contribution in [-0.2, 0) is 0 Å². The molecule has 0 atom stereocenters. The number of fused-ring (bicyclic) bond motifs is 1. The second-order valence-electron chi connectivity index (χ2n) is 4.40. The Bertz CT molecular complexity index is 471. The molecule has 0 unspecified atom stereocenters. The summed E-state index contributed by atoms with van der Waals surface area (Å²) in [6.45, 7) is 3.08. The molecule has 1 aromatic rings. The van der Waals surface area contributed by atoms with Crippen LogP contribution in [0.15, 0.2) is 47.7 Å². The molecule has 1 N–H and O–H groups in total. The van der Waals surface area contributed by atoms with Crippen molar-refractivity contribution in [2.24, 2.45) is 0 Å². The topological polar surface area (TPSA) is 15.3 Å². The van der Waals surface area contributed by atoms with E-state index in [2.05, 4.69) is 53.6 Å². The maximum Gasteiger partial charge on any atom is 0.0923 e. The van der Waals surface area contributed by atoms with Gasteiger partial charge in [-0.25, -0.2) is 0 Å². The van der Waals surface area contributed by atoms with Gasteiger partial charge in [-0.2, -0.15) is 0 Å². The highest BCUT2D eigenvalue weighted by atomic mass is 15.3. The van der Waals surface area contributed by atoms with E-state index in [-0.39, 0.29) is 0 Å². The Balaban J connectivity index is 1.96. The van der Waals surface area contributed by atoms with Gasteiger partial charge in [-0.3, -0.25) is 0 Å². The predicted molar refractivity (Wildman–Crippen MR) is 68.5 cm³/mol. The number of nitrogens with one attached hydrogen (secondary N) is 1. The third kappa shape index (κ3) is 1.51. The summed E-state index contributed by atoms with van der Waals surface area (Å²) >= 11 is 0. The van der Waals surface area contributed by atoms with E-state index < -0.39 is 0 Å². The van der Waals surface area contributed by atoms with Gasteiger partial charge in [-0.1, -0.05) is 23.8 Å². The number of nitrogens with zero attached hydrogens (tertiary/aromatic N) is 1. The Hall–Kier alpha value is -1.70. The lowest BCUT2D eigenvalue weighted by Gasteiger charge is -2.23. The number of benzene rings is 1. The third-order valence-corrected chi connectivity index (χ3v) is 3.23. The van der Waals surface area contributed by atoms with Gasteiger partial charge in [-0.05, 0) is 38.0 Å². The lowest BCUT2D eigenvalue weighted by atomic mass is 10.0. The Morgan fingerprint density at radius 3 is 3.00 bits per heavy atom. The molecule has 0 radical (unpaired) electrons. The maximum atomic E-state index is 3.43. The lowest BCUT2D eigenvalue weighted by molar-refractivity contribution is 0.862. The van der Waals surface area contributed by atoms with Crippen molar-refractivity contribution in [2.45, 2.75) is 19.8 Å². The first kappa shape index (κ1) is 9.52. The highest BCUT2D eigenvalue weighted by Crippen LogP contribution is 2.35. The fourth-order valence-corrected chi connectivity index (χ4v) is 2.42. The molecule has 3 rings (SSSR count). The molecule has 2 nitrogen and oxygen atoms in total. The van der Waals surface area contributed by atoms with Crippen molar-refractivity contribution in [1.82, 2.24) is 0 Å².